The number of thiophene rings is 1. The number of methoxy groups -OCH3 is 1. The normalized spacial score (nSPS) is 17.4. The van der Waals surface area contributed by atoms with Crippen LogP contribution in [0.2, 0.25) is 0 Å². The van der Waals surface area contributed by atoms with E-state index < -0.39 is 18.8 Å². The van der Waals surface area contributed by atoms with Crippen molar-refractivity contribution in [2.75, 3.05) is 20.3 Å². The zero-order valence-corrected chi connectivity index (χ0v) is 22.8. The minimum atomic E-state index is -1.33. The summed E-state index contributed by atoms with van der Waals surface area (Å²) in [4.78, 5) is 17.3. The second-order valence-corrected chi connectivity index (χ2v) is 11.9. The number of benzene rings is 1. The van der Waals surface area contributed by atoms with Gasteiger partial charge in [-0.25, -0.2) is 0 Å². The highest BCUT2D eigenvalue weighted by Crippen LogP contribution is 2.48. The van der Waals surface area contributed by atoms with E-state index in [1.165, 1.54) is 7.11 Å². The van der Waals surface area contributed by atoms with E-state index in [2.05, 4.69) is 36.8 Å². The van der Waals surface area contributed by atoms with E-state index in [1.807, 2.05) is 23.1 Å². The fraction of sp³-hybridized carbons (Fsp3) is 0.483. The highest BCUT2D eigenvalue weighted by Gasteiger charge is 2.38. The Labute approximate surface area is 221 Å². The van der Waals surface area contributed by atoms with Crippen LogP contribution < -0.4 is 4.74 Å². The van der Waals surface area contributed by atoms with Crippen LogP contribution in [0.3, 0.4) is 0 Å². The lowest BCUT2D eigenvalue weighted by atomic mass is 9.90. The summed E-state index contributed by atoms with van der Waals surface area (Å²) in [5, 5.41) is 32.6. The van der Waals surface area contributed by atoms with Gasteiger partial charge in [0.1, 0.15) is 23.7 Å². The number of fused-ring (bicyclic) bond motifs is 5. The molecule has 1 aromatic carbocycles. The first-order valence-electron chi connectivity index (χ1n) is 13.0. The van der Waals surface area contributed by atoms with Gasteiger partial charge < -0.3 is 29.5 Å². The van der Waals surface area contributed by atoms with Crippen molar-refractivity contribution >= 4 is 17.2 Å². The molecule has 2 aromatic heterocycles. The molecule has 2 atom stereocenters. The van der Waals surface area contributed by atoms with Gasteiger partial charge in [-0.05, 0) is 81.2 Å². The number of aromatic nitrogens is 1. The molecule has 37 heavy (non-hydrogen) atoms. The number of aliphatic hydroxyl groups is 3. The third kappa shape index (κ3) is 4.40. The van der Waals surface area contributed by atoms with Crippen molar-refractivity contribution < 1.29 is 24.9 Å². The van der Waals surface area contributed by atoms with Crippen LogP contribution in [-0.2, 0) is 19.4 Å². The molecule has 0 unspecified atom stereocenters. The standard InChI is InChI=1S/C29H36N2O5S/c1-29(2,3)31-11-6-5-8-18-24(23-9-7-13-37-23)25-19-15-20(27(34)21(33)16-32)22(36-4)14-17(19)10-12-30(25)26(18)28(31)35/h7,9,13-15,21,27,32-34H,5-6,8,10-12,16H2,1-4H3/t21-,27-/m0/s1. The minimum absolute atomic E-state index is 0.0687. The minimum Gasteiger partial charge on any atom is -0.496 e. The lowest BCUT2D eigenvalue weighted by molar-refractivity contribution is -0.0162. The van der Waals surface area contributed by atoms with Crippen molar-refractivity contribution in [1.29, 1.82) is 0 Å². The summed E-state index contributed by atoms with van der Waals surface area (Å²) in [5.41, 5.74) is 6.06. The maximum Gasteiger partial charge on any atom is 0.271 e. The number of rotatable bonds is 5. The van der Waals surface area contributed by atoms with Gasteiger partial charge in [0.2, 0.25) is 0 Å². The number of hydrogen-bond donors (Lipinski definition) is 3. The van der Waals surface area contributed by atoms with Crippen LogP contribution in [0.5, 0.6) is 5.75 Å². The Morgan fingerprint density at radius 2 is 1.89 bits per heavy atom. The van der Waals surface area contributed by atoms with E-state index in [0.717, 1.165) is 64.3 Å². The van der Waals surface area contributed by atoms with Crippen LogP contribution in [-0.4, -0.2) is 62.6 Å². The molecule has 0 bridgehead atoms. The van der Waals surface area contributed by atoms with E-state index in [0.29, 0.717) is 24.3 Å². The monoisotopic (exact) mass is 524 g/mol. The molecule has 8 heteroatoms. The van der Waals surface area contributed by atoms with Gasteiger partial charge in [-0.1, -0.05) is 6.07 Å². The van der Waals surface area contributed by atoms with Gasteiger partial charge in [-0.3, -0.25) is 4.79 Å². The van der Waals surface area contributed by atoms with E-state index in [4.69, 9.17) is 4.74 Å². The van der Waals surface area contributed by atoms with Gasteiger partial charge in [0, 0.05) is 40.2 Å². The molecule has 4 heterocycles. The number of carbonyl (C=O) groups excluding carboxylic acids is 1. The molecule has 0 fully saturated rings. The number of amides is 1. The van der Waals surface area contributed by atoms with E-state index in [9.17, 15) is 20.1 Å². The molecule has 3 aromatic rings. The molecule has 0 saturated heterocycles. The van der Waals surface area contributed by atoms with Crippen molar-refractivity contribution in [1.82, 2.24) is 9.47 Å². The topological polar surface area (TPSA) is 95.2 Å². The van der Waals surface area contributed by atoms with Crippen LogP contribution >= 0.6 is 11.3 Å². The van der Waals surface area contributed by atoms with Crippen molar-refractivity contribution in [3.8, 4) is 27.4 Å². The molecule has 0 aliphatic carbocycles. The maximum absolute atomic E-state index is 14.2. The second-order valence-electron chi connectivity index (χ2n) is 11.0. The molecule has 3 N–H and O–H groups in total. The number of hydrogen-bond acceptors (Lipinski definition) is 6. The Hall–Kier alpha value is -2.65. The first-order valence-corrected chi connectivity index (χ1v) is 13.8. The van der Waals surface area contributed by atoms with Gasteiger partial charge in [-0.15, -0.1) is 11.3 Å². The lowest BCUT2D eigenvalue weighted by Crippen LogP contribution is -2.47. The SMILES string of the molecule is COc1cc2c(cc1[C@H](O)[C@@H](O)CO)-c1c(-c3cccs3)c3c(n1CC2)C(=O)N(C(C)(C)C)CCCC3. The Kier molecular flexibility index (Phi) is 6.96. The lowest BCUT2D eigenvalue weighted by Gasteiger charge is -2.37. The maximum atomic E-state index is 14.2. The summed E-state index contributed by atoms with van der Waals surface area (Å²) in [6.45, 7) is 7.12. The van der Waals surface area contributed by atoms with Gasteiger partial charge in [0.05, 0.1) is 19.4 Å². The number of nitrogens with zero attached hydrogens (tertiary/aromatic N) is 2. The molecular formula is C29H36N2O5S. The Morgan fingerprint density at radius 3 is 2.54 bits per heavy atom. The van der Waals surface area contributed by atoms with Crippen LogP contribution in [0.1, 0.15) is 66.9 Å². The smallest absolute Gasteiger partial charge is 0.271 e. The summed E-state index contributed by atoms with van der Waals surface area (Å²) < 4.78 is 7.77. The number of ether oxygens (including phenoxy) is 1. The fourth-order valence-corrected chi connectivity index (χ4v) is 6.60. The molecular weight excluding hydrogens is 488 g/mol. The molecule has 0 spiro atoms. The van der Waals surface area contributed by atoms with E-state index >= 15 is 0 Å². The zero-order valence-electron chi connectivity index (χ0n) is 22.0. The molecule has 0 radical (unpaired) electrons. The highest BCUT2D eigenvalue weighted by atomic mass is 32.1. The first kappa shape index (κ1) is 26.0. The highest BCUT2D eigenvalue weighted by molar-refractivity contribution is 7.13. The van der Waals surface area contributed by atoms with Crippen molar-refractivity contribution in [3.63, 3.8) is 0 Å². The first-order chi connectivity index (χ1) is 17.7. The number of aliphatic hydroxyl groups excluding tert-OH is 3. The average Bonchev–Trinajstić information content (AvgIpc) is 3.50. The van der Waals surface area contributed by atoms with E-state index in [1.54, 1.807) is 11.3 Å². The number of carbonyl (C=O) groups is 1. The van der Waals surface area contributed by atoms with Gasteiger partial charge >= 0.3 is 0 Å². The number of aryl methyl sites for hydroxylation is 1. The van der Waals surface area contributed by atoms with Crippen LogP contribution in [0, 0.1) is 0 Å². The predicted octanol–water partition coefficient (Wildman–Crippen LogP) is 4.41. The van der Waals surface area contributed by atoms with Crippen LogP contribution in [0.25, 0.3) is 21.7 Å². The van der Waals surface area contributed by atoms with Crippen molar-refractivity contribution in [2.45, 2.75) is 70.7 Å². The van der Waals surface area contributed by atoms with Gasteiger partial charge in [0.25, 0.3) is 5.91 Å². The Balaban J connectivity index is 1.80. The van der Waals surface area contributed by atoms with Crippen LogP contribution in [0.4, 0.5) is 0 Å². The summed E-state index contributed by atoms with van der Waals surface area (Å²) >= 11 is 1.66. The molecule has 5 rings (SSSR count). The van der Waals surface area contributed by atoms with Crippen LogP contribution in [0.15, 0.2) is 29.6 Å². The molecule has 1 amide bonds. The van der Waals surface area contributed by atoms with Crippen molar-refractivity contribution in [2.24, 2.45) is 0 Å². The summed E-state index contributed by atoms with van der Waals surface area (Å²) in [6.07, 6.45) is 0.857. The molecule has 0 saturated carbocycles. The Bertz CT molecular complexity index is 1310. The molecule has 198 valence electrons. The molecule has 2 aliphatic rings. The largest absolute Gasteiger partial charge is 0.496 e. The average molecular weight is 525 g/mol. The molecule has 2 aliphatic heterocycles. The third-order valence-electron chi connectivity index (χ3n) is 7.63. The summed E-state index contributed by atoms with van der Waals surface area (Å²) in [7, 11) is 1.54. The summed E-state index contributed by atoms with van der Waals surface area (Å²) in [5.74, 6) is 0.545. The fourth-order valence-electron chi connectivity index (χ4n) is 5.80. The van der Waals surface area contributed by atoms with Crippen molar-refractivity contribution in [3.05, 3.63) is 52.0 Å². The quantitative estimate of drug-likeness (QED) is 0.460. The third-order valence-corrected chi connectivity index (χ3v) is 8.52. The van der Waals surface area contributed by atoms with E-state index in [-0.39, 0.29) is 11.4 Å². The zero-order chi connectivity index (χ0) is 26.5. The second kappa shape index (κ2) is 9.91. The van der Waals surface area contributed by atoms with Gasteiger partial charge in [0.15, 0.2) is 0 Å². The summed E-state index contributed by atoms with van der Waals surface area (Å²) in [6, 6.07) is 7.94. The Morgan fingerprint density at radius 1 is 1.11 bits per heavy atom. The van der Waals surface area contributed by atoms with Gasteiger partial charge in [-0.2, -0.15) is 0 Å². The molecule has 7 nitrogen and oxygen atoms in total. The predicted molar refractivity (Wildman–Crippen MR) is 145 cm³/mol.